The summed E-state index contributed by atoms with van der Waals surface area (Å²) in [6.07, 6.45) is 2.99. The van der Waals surface area contributed by atoms with Crippen molar-refractivity contribution in [1.82, 2.24) is 0 Å². The standard InChI is InChI=1S/C23H24O/c24-23(18-21-12-6-2-7-13-21,19-22-14-8-3-9-15-22)17-16-20-10-4-1-5-11-20/h1-15,24H,16-19H2. The van der Waals surface area contributed by atoms with Crippen molar-refractivity contribution in [2.45, 2.75) is 31.3 Å². The Morgan fingerprint density at radius 2 is 0.917 bits per heavy atom. The van der Waals surface area contributed by atoms with E-state index >= 15 is 0 Å². The number of benzene rings is 3. The molecule has 1 heteroatoms. The highest BCUT2D eigenvalue weighted by Crippen LogP contribution is 2.25. The van der Waals surface area contributed by atoms with Gasteiger partial charge in [0.05, 0.1) is 5.60 Å². The molecule has 24 heavy (non-hydrogen) atoms. The number of hydrogen-bond acceptors (Lipinski definition) is 1. The zero-order chi connectivity index (χ0) is 16.7. The molecule has 0 amide bonds. The van der Waals surface area contributed by atoms with E-state index in [0.717, 1.165) is 12.8 Å². The molecule has 0 heterocycles. The Labute approximate surface area is 144 Å². The van der Waals surface area contributed by atoms with E-state index in [9.17, 15) is 5.11 Å². The van der Waals surface area contributed by atoms with E-state index in [1.54, 1.807) is 0 Å². The first-order chi connectivity index (χ1) is 11.7. The molecule has 122 valence electrons. The smallest absolute Gasteiger partial charge is 0.0731 e. The number of aryl methyl sites for hydroxylation is 1. The Morgan fingerprint density at radius 3 is 1.33 bits per heavy atom. The van der Waals surface area contributed by atoms with Crippen LogP contribution in [0.3, 0.4) is 0 Å². The van der Waals surface area contributed by atoms with E-state index in [4.69, 9.17) is 0 Å². The Hall–Kier alpha value is -2.38. The Balaban J connectivity index is 1.76. The van der Waals surface area contributed by atoms with Crippen LogP contribution in [0.5, 0.6) is 0 Å². The van der Waals surface area contributed by atoms with Gasteiger partial charge >= 0.3 is 0 Å². The van der Waals surface area contributed by atoms with Gasteiger partial charge in [-0.25, -0.2) is 0 Å². The lowest BCUT2D eigenvalue weighted by Gasteiger charge is -2.29. The van der Waals surface area contributed by atoms with Crippen LogP contribution < -0.4 is 0 Å². The zero-order valence-corrected chi connectivity index (χ0v) is 13.9. The van der Waals surface area contributed by atoms with Crippen molar-refractivity contribution in [1.29, 1.82) is 0 Å². The minimum atomic E-state index is -0.738. The zero-order valence-electron chi connectivity index (χ0n) is 13.9. The van der Waals surface area contributed by atoms with Crippen LogP contribution in [0, 0.1) is 0 Å². The topological polar surface area (TPSA) is 20.2 Å². The third-order valence-corrected chi connectivity index (χ3v) is 4.47. The highest BCUT2D eigenvalue weighted by molar-refractivity contribution is 5.22. The van der Waals surface area contributed by atoms with Crippen molar-refractivity contribution in [3.8, 4) is 0 Å². The van der Waals surface area contributed by atoms with E-state index in [-0.39, 0.29) is 0 Å². The Kier molecular flexibility index (Phi) is 5.45. The van der Waals surface area contributed by atoms with E-state index in [2.05, 4.69) is 48.5 Å². The fraction of sp³-hybridized carbons (Fsp3) is 0.217. The molecule has 0 aromatic heterocycles. The van der Waals surface area contributed by atoms with Crippen molar-refractivity contribution in [3.05, 3.63) is 108 Å². The fourth-order valence-corrected chi connectivity index (χ4v) is 3.21. The third kappa shape index (κ3) is 4.81. The van der Waals surface area contributed by atoms with E-state index in [1.807, 2.05) is 42.5 Å². The minimum Gasteiger partial charge on any atom is -0.389 e. The summed E-state index contributed by atoms with van der Waals surface area (Å²) in [6, 6.07) is 31.0. The van der Waals surface area contributed by atoms with Crippen molar-refractivity contribution >= 4 is 0 Å². The van der Waals surface area contributed by atoms with Gasteiger partial charge in [-0.1, -0.05) is 91.0 Å². The predicted molar refractivity (Wildman–Crippen MR) is 100 cm³/mol. The SMILES string of the molecule is OC(CCc1ccccc1)(Cc1ccccc1)Cc1ccccc1. The molecule has 0 atom stereocenters. The summed E-state index contributed by atoms with van der Waals surface area (Å²) in [6.45, 7) is 0. The molecule has 0 spiro atoms. The number of aliphatic hydroxyl groups is 1. The summed E-state index contributed by atoms with van der Waals surface area (Å²) in [5.74, 6) is 0. The molecule has 3 rings (SSSR count). The number of rotatable bonds is 7. The van der Waals surface area contributed by atoms with Gasteiger partial charge in [-0.2, -0.15) is 0 Å². The lowest BCUT2D eigenvalue weighted by molar-refractivity contribution is 0.0322. The quantitative estimate of drug-likeness (QED) is 0.661. The highest BCUT2D eigenvalue weighted by atomic mass is 16.3. The molecule has 0 aliphatic heterocycles. The van der Waals surface area contributed by atoms with Crippen molar-refractivity contribution in [2.24, 2.45) is 0 Å². The average Bonchev–Trinajstić information content (AvgIpc) is 2.63. The molecule has 0 saturated heterocycles. The molecule has 1 N–H and O–H groups in total. The van der Waals surface area contributed by atoms with Crippen LogP contribution in [0.4, 0.5) is 0 Å². The molecule has 0 fully saturated rings. The Morgan fingerprint density at radius 1 is 0.542 bits per heavy atom. The second kappa shape index (κ2) is 7.94. The number of hydrogen-bond donors (Lipinski definition) is 1. The summed E-state index contributed by atoms with van der Waals surface area (Å²) in [5.41, 5.74) is 2.91. The van der Waals surface area contributed by atoms with Crippen LogP contribution in [0.25, 0.3) is 0 Å². The molecule has 3 aromatic carbocycles. The molecule has 0 saturated carbocycles. The molecule has 0 unspecified atom stereocenters. The maximum atomic E-state index is 11.4. The minimum absolute atomic E-state index is 0.676. The molecule has 3 aromatic rings. The Bertz CT molecular complexity index is 678. The summed E-state index contributed by atoms with van der Waals surface area (Å²) in [4.78, 5) is 0. The van der Waals surface area contributed by atoms with Gasteiger partial charge in [0.2, 0.25) is 0 Å². The molecule has 1 nitrogen and oxygen atoms in total. The largest absolute Gasteiger partial charge is 0.389 e. The van der Waals surface area contributed by atoms with Crippen LogP contribution in [0.1, 0.15) is 23.1 Å². The van der Waals surface area contributed by atoms with Crippen molar-refractivity contribution < 1.29 is 5.11 Å². The first-order valence-corrected chi connectivity index (χ1v) is 8.58. The first kappa shape index (κ1) is 16.5. The fourth-order valence-electron chi connectivity index (χ4n) is 3.21. The van der Waals surface area contributed by atoms with Gasteiger partial charge in [0.15, 0.2) is 0 Å². The van der Waals surface area contributed by atoms with Gasteiger partial charge in [0, 0.05) is 12.8 Å². The third-order valence-electron chi connectivity index (χ3n) is 4.47. The van der Waals surface area contributed by atoms with Gasteiger partial charge in [-0.05, 0) is 29.5 Å². The predicted octanol–water partition coefficient (Wildman–Crippen LogP) is 4.84. The molecular formula is C23H24O. The molecule has 0 aliphatic rings. The normalized spacial score (nSPS) is 11.4. The van der Waals surface area contributed by atoms with E-state index in [1.165, 1.54) is 16.7 Å². The lowest BCUT2D eigenvalue weighted by Crippen LogP contribution is -2.35. The monoisotopic (exact) mass is 316 g/mol. The van der Waals surface area contributed by atoms with Gasteiger partial charge in [-0.15, -0.1) is 0 Å². The molecule has 0 aliphatic carbocycles. The van der Waals surface area contributed by atoms with Crippen LogP contribution in [0.2, 0.25) is 0 Å². The summed E-state index contributed by atoms with van der Waals surface area (Å²) < 4.78 is 0. The average molecular weight is 316 g/mol. The second-order valence-electron chi connectivity index (χ2n) is 6.53. The van der Waals surface area contributed by atoms with E-state index < -0.39 is 5.60 Å². The van der Waals surface area contributed by atoms with Gasteiger partial charge in [-0.3, -0.25) is 0 Å². The van der Waals surface area contributed by atoms with E-state index in [0.29, 0.717) is 12.8 Å². The molecule has 0 radical (unpaired) electrons. The summed E-state index contributed by atoms with van der Waals surface area (Å²) >= 11 is 0. The summed E-state index contributed by atoms with van der Waals surface area (Å²) in [5, 5.41) is 11.4. The summed E-state index contributed by atoms with van der Waals surface area (Å²) in [7, 11) is 0. The van der Waals surface area contributed by atoms with Crippen LogP contribution in [-0.2, 0) is 19.3 Å². The van der Waals surface area contributed by atoms with Crippen molar-refractivity contribution in [2.75, 3.05) is 0 Å². The first-order valence-electron chi connectivity index (χ1n) is 8.58. The molecule has 0 bridgehead atoms. The van der Waals surface area contributed by atoms with Crippen LogP contribution in [-0.4, -0.2) is 10.7 Å². The molecular weight excluding hydrogens is 292 g/mol. The van der Waals surface area contributed by atoms with Gasteiger partial charge in [0.25, 0.3) is 0 Å². The highest BCUT2D eigenvalue weighted by Gasteiger charge is 2.27. The maximum Gasteiger partial charge on any atom is 0.0731 e. The maximum absolute atomic E-state index is 11.4. The van der Waals surface area contributed by atoms with Gasteiger partial charge < -0.3 is 5.11 Å². The van der Waals surface area contributed by atoms with Gasteiger partial charge in [0.1, 0.15) is 0 Å². The second-order valence-corrected chi connectivity index (χ2v) is 6.53. The van der Waals surface area contributed by atoms with Crippen LogP contribution in [0.15, 0.2) is 91.0 Å². The van der Waals surface area contributed by atoms with Crippen molar-refractivity contribution in [3.63, 3.8) is 0 Å². The van der Waals surface area contributed by atoms with Crippen LogP contribution >= 0.6 is 0 Å². The lowest BCUT2D eigenvalue weighted by atomic mass is 9.83.